The number of pyridine rings is 1. The van der Waals surface area contributed by atoms with Gasteiger partial charge in [-0.25, -0.2) is 4.98 Å². The van der Waals surface area contributed by atoms with Gasteiger partial charge in [0.05, 0.1) is 28.7 Å². The number of fused-ring (bicyclic) bond motifs is 7. The molecule has 0 spiro atoms. The van der Waals surface area contributed by atoms with Crippen LogP contribution in [-0.4, -0.2) is 10.1 Å². The number of benzene rings is 6. The normalized spacial score (nSPS) is 14.0. The van der Waals surface area contributed by atoms with Crippen LogP contribution in [0, 0.1) is 13.5 Å². The minimum Gasteiger partial charge on any atom is -0.456 e. The van der Waals surface area contributed by atoms with Gasteiger partial charge in [-0.1, -0.05) is 126 Å². The monoisotopic (exact) mass is 993 g/mol. The molecule has 0 atom stereocenters. The molecular formula is C54H46AuN5O2. The molecule has 0 saturated carbocycles. The standard InChI is InChI=1S/C53H43N5O2.CH3.Au/c1-51(2,3)33-25-27-37-38-28-26-34(52(4,5)6)31-40(38)53(39(37)30-33,35-15-13-16-36(29-35)57-41-17-7-10-20-44(41)60-47-32-54-56-50(47)57)48-23-14-24-49(55-48)58-42-18-8-11-21-45(42)59-46-22-12-9-19-43(46)58;;/h7-28,30-32H,1-6H3;1H3;/q-2;-1;+3. The molecule has 2 aromatic heterocycles. The van der Waals surface area contributed by atoms with Gasteiger partial charge in [0.1, 0.15) is 17.3 Å². The van der Waals surface area contributed by atoms with Crippen molar-refractivity contribution in [3.8, 4) is 34.1 Å². The number of ether oxygens (including phenoxy) is 2. The number of nitrogens with zero attached hydrogens (tertiary/aromatic N) is 5. The summed E-state index contributed by atoms with van der Waals surface area (Å²) in [5.41, 5.74) is 11.5. The van der Waals surface area contributed by atoms with E-state index in [1.165, 1.54) is 33.4 Å². The molecule has 7 nitrogen and oxygen atoms in total. The predicted octanol–water partition coefficient (Wildman–Crippen LogP) is 13.8. The van der Waals surface area contributed by atoms with Gasteiger partial charge in [0, 0.05) is 11.5 Å². The van der Waals surface area contributed by atoms with E-state index in [9.17, 15) is 0 Å². The molecule has 62 heavy (non-hydrogen) atoms. The average molecular weight is 994 g/mol. The van der Waals surface area contributed by atoms with Gasteiger partial charge < -0.3 is 26.9 Å². The Bertz CT molecular complexity index is 2900. The zero-order valence-corrected chi connectivity index (χ0v) is 38.0. The van der Waals surface area contributed by atoms with E-state index in [0.717, 1.165) is 57.1 Å². The summed E-state index contributed by atoms with van der Waals surface area (Å²) in [4.78, 5) is 10.1. The van der Waals surface area contributed by atoms with Crippen molar-refractivity contribution in [3.63, 3.8) is 0 Å². The second kappa shape index (κ2) is 14.9. The quantitative estimate of drug-likeness (QED) is 0.129. The molecule has 0 saturated heterocycles. The summed E-state index contributed by atoms with van der Waals surface area (Å²) in [5.74, 6) is 4.30. The van der Waals surface area contributed by atoms with Crippen LogP contribution in [0.4, 0.5) is 34.4 Å². The van der Waals surface area contributed by atoms with Crippen LogP contribution in [0.5, 0.6) is 23.0 Å². The Kier molecular flexibility index (Phi) is 9.86. The molecule has 0 radical (unpaired) electrons. The van der Waals surface area contributed by atoms with Crippen molar-refractivity contribution in [1.29, 1.82) is 0 Å². The van der Waals surface area contributed by atoms with Crippen LogP contribution < -0.4 is 24.4 Å². The van der Waals surface area contributed by atoms with Crippen LogP contribution >= 0.6 is 0 Å². The van der Waals surface area contributed by atoms with E-state index in [1.54, 1.807) is 6.20 Å². The number of hydrogen-bond donors (Lipinski definition) is 0. The number of aromatic nitrogens is 3. The van der Waals surface area contributed by atoms with Crippen LogP contribution in [0.2, 0.25) is 0 Å². The minimum absolute atomic E-state index is 0. The summed E-state index contributed by atoms with van der Waals surface area (Å²) in [7, 11) is 0. The Balaban J connectivity index is 0.00000245. The molecule has 11 rings (SSSR count). The van der Waals surface area contributed by atoms with Gasteiger partial charge in [0.2, 0.25) is 0 Å². The van der Waals surface area contributed by atoms with Gasteiger partial charge in [0.15, 0.2) is 11.5 Å². The summed E-state index contributed by atoms with van der Waals surface area (Å²) in [6.07, 6.45) is 1.67. The number of para-hydroxylation sites is 6. The maximum Gasteiger partial charge on any atom is 3.00 e. The molecule has 1 aliphatic carbocycles. The molecule has 2 aliphatic heterocycles. The van der Waals surface area contributed by atoms with E-state index < -0.39 is 5.41 Å². The number of rotatable bonds is 4. The van der Waals surface area contributed by atoms with Crippen LogP contribution in [0.15, 0.2) is 152 Å². The molecule has 0 N–H and O–H groups in total. The Morgan fingerprint density at radius 1 is 0.565 bits per heavy atom. The largest absolute Gasteiger partial charge is 3.00 e. The molecule has 0 fully saturated rings. The van der Waals surface area contributed by atoms with E-state index >= 15 is 0 Å². The predicted molar refractivity (Wildman–Crippen MR) is 245 cm³/mol. The van der Waals surface area contributed by atoms with Crippen molar-refractivity contribution in [2.45, 2.75) is 57.8 Å². The summed E-state index contributed by atoms with van der Waals surface area (Å²) < 4.78 is 12.7. The first kappa shape index (κ1) is 41.0. The molecule has 6 aromatic carbocycles. The topological polar surface area (TPSA) is 64.8 Å². The van der Waals surface area contributed by atoms with Gasteiger partial charge in [0.25, 0.3) is 0 Å². The number of hydrogen-bond acceptors (Lipinski definition) is 6. The fourth-order valence-corrected chi connectivity index (χ4v) is 9.15. The van der Waals surface area contributed by atoms with E-state index in [1.807, 2.05) is 54.6 Å². The van der Waals surface area contributed by atoms with Crippen molar-refractivity contribution in [1.82, 2.24) is 15.2 Å². The first-order chi connectivity index (χ1) is 29.0. The van der Waals surface area contributed by atoms with Crippen molar-refractivity contribution < 1.29 is 31.9 Å². The molecule has 310 valence electrons. The number of anilines is 6. The van der Waals surface area contributed by atoms with Crippen molar-refractivity contribution in [2.24, 2.45) is 0 Å². The third kappa shape index (κ3) is 6.21. The molecule has 8 aromatic rings. The summed E-state index contributed by atoms with van der Waals surface area (Å²) in [6, 6.07) is 55.4. The Morgan fingerprint density at radius 2 is 1.08 bits per heavy atom. The molecular weight excluding hydrogens is 948 g/mol. The SMILES string of the molecule is CC(C)(C)c1ccc2c(c1)C(c1[c-]c(N3c4ccccc4Oc4cn[n-]c43)ccc1)(c1cccc(N3c4ccccc4Oc4ccccc43)n1)c1cc(C(C)(C)C)ccc1-2.[Au+3].[CH3-]. The summed E-state index contributed by atoms with van der Waals surface area (Å²) in [5, 5.41) is 8.85. The Morgan fingerprint density at radius 3 is 1.65 bits per heavy atom. The van der Waals surface area contributed by atoms with Crippen molar-refractivity contribution in [3.05, 3.63) is 199 Å². The van der Waals surface area contributed by atoms with Crippen LogP contribution in [0.1, 0.15) is 75.1 Å². The minimum atomic E-state index is -0.892. The molecule has 0 amide bonds. The van der Waals surface area contributed by atoms with Gasteiger partial charge in [-0.3, -0.25) is 10.00 Å². The first-order valence-electron chi connectivity index (χ1n) is 20.5. The fraction of sp³-hybridized carbons (Fsp3) is 0.167. The van der Waals surface area contributed by atoms with E-state index in [0.29, 0.717) is 11.6 Å². The molecule has 8 heteroatoms. The zero-order valence-electron chi connectivity index (χ0n) is 35.8. The second-order valence-electron chi connectivity index (χ2n) is 17.9. The van der Waals surface area contributed by atoms with Gasteiger partial charge in [-0.15, -0.1) is 5.56 Å². The van der Waals surface area contributed by atoms with Crippen LogP contribution in [0.25, 0.3) is 11.1 Å². The molecule has 3 aliphatic rings. The molecule has 0 unspecified atom stereocenters. The third-order valence-corrected chi connectivity index (χ3v) is 12.2. The van der Waals surface area contributed by atoms with Crippen LogP contribution in [0.3, 0.4) is 0 Å². The Hall–Kier alpha value is -6.38. The Labute approximate surface area is 379 Å². The smallest absolute Gasteiger partial charge is 0.456 e. The van der Waals surface area contributed by atoms with Gasteiger partial charge in [-0.2, -0.15) is 30.0 Å². The third-order valence-electron chi connectivity index (χ3n) is 12.2. The molecule has 4 heterocycles. The summed E-state index contributed by atoms with van der Waals surface area (Å²) >= 11 is 0. The van der Waals surface area contributed by atoms with Crippen molar-refractivity contribution in [2.75, 3.05) is 9.80 Å². The second-order valence-corrected chi connectivity index (χ2v) is 17.9. The maximum atomic E-state index is 6.45. The molecule has 0 bridgehead atoms. The van der Waals surface area contributed by atoms with Crippen molar-refractivity contribution >= 4 is 34.4 Å². The summed E-state index contributed by atoms with van der Waals surface area (Å²) in [6.45, 7) is 13.7. The van der Waals surface area contributed by atoms with Gasteiger partial charge >= 0.3 is 22.4 Å². The van der Waals surface area contributed by atoms with E-state index in [-0.39, 0.29) is 40.6 Å². The maximum absolute atomic E-state index is 6.45. The van der Waals surface area contributed by atoms with E-state index in [2.05, 4.69) is 159 Å². The van der Waals surface area contributed by atoms with Crippen LogP contribution in [-0.2, 0) is 38.6 Å². The van der Waals surface area contributed by atoms with E-state index in [4.69, 9.17) is 14.5 Å². The fourth-order valence-electron chi connectivity index (χ4n) is 9.15. The average Bonchev–Trinajstić information content (AvgIpc) is 3.84. The van der Waals surface area contributed by atoms with Gasteiger partial charge in [-0.05, 0) is 86.7 Å². The first-order valence-corrected chi connectivity index (χ1v) is 20.5. The zero-order chi connectivity index (χ0) is 41.0.